The highest BCUT2D eigenvalue weighted by atomic mass is 35.5. The summed E-state index contributed by atoms with van der Waals surface area (Å²) in [5.74, 6) is 0.925. The first-order valence-electron chi connectivity index (χ1n) is 4.59. The van der Waals surface area contributed by atoms with Gasteiger partial charge >= 0.3 is 0 Å². The van der Waals surface area contributed by atoms with E-state index in [4.69, 9.17) is 11.6 Å². The zero-order valence-electron chi connectivity index (χ0n) is 8.35. The Balaban J connectivity index is 1.96. The van der Waals surface area contributed by atoms with E-state index >= 15 is 0 Å². The number of imidazole rings is 1. The van der Waals surface area contributed by atoms with E-state index in [1.807, 2.05) is 48.4 Å². The third-order valence-corrected chi connectivity index (χ3v) is 3.22. The molecule has 0 radical (unpaired) electrons. The van der Waals surface area contributed by atoms with Crippen LogP contribution in [0.25, 0.3) is 0 Å². The Kier molecular flexibility index (Phi) is 3.34. The Hall–Kier alpha value is -0.930. The summed E-state index contributed by atoms with van der Waals surface area (Å²) >= 11 is 7.53. The average Bonchev–Trinajstić information content (AvgIpc) is 2.64. The highest BCUT2D eigenvalue weighted by molar-refractivity contribution is 7.98. The molecule has 0 unspecified atom stereocenters. The van der Waals surface area contributed by atoms with Gasteiger partial charge in [-0.1, -0.05) is 23.7 Å². The molecule has 0 saturated heterocycles. The highest BCUT2D eigenvalue weighted by Gasteiger charge is 1.98. The Morgan fingerprint density at radius 1 is 1.33 bits per heavy atom. The molecule has 0 aliphatic heterocycles. The van der Waals surface area contributed by atoms with Gasteiger partial charge in [-0.25, -0.2) is 4.98 Å². The summed E-state index contributed by atoms with van der Waals surface area (Å²) in [4.78, 5) is 4.25. The van der Waals surface area contributed by atoms with Crippen LogP contribution < -0.4 is 0 Å². The van der Waals surface area contributed by atoms with E-state index in [2.05, 4.69) is 4.98 Å². The van der Waals surface area contributed by atoms with Crippen LogP contribution in [0.3, 0.4) is 0 Å². The Morgan fingerprint density at radius 2 is 2.07 bits per heavy atom. The molecule has 0 amide bonds. The second-order valence-corrected chi connectivity index (χ2v) is 4.72. The largest absolute Gasteiger partial charge is 0.339 e. The van der Waals surface area contributed by atoms with Crippen molar-refractivity contribution < 1.29 is 0 Å². The van der Waals surface area contributed by atoms with Gasteiger partial charge in [0.1, 0.15) is 5.03 Å². The number of hydrogen-bond acceptors (Lipinski definition) is 2. The van der Waals surface area contributed by atoms with Gasteiger partial charge in [-0.2, -0.15) is 0 Å². The van der Waals surface area contributed by atoms with E-state index in [-0.39, 0.29) is 0 Å². The zero-order chi connectivity index (χ0) is 10.7. The first kappa shape index (κ1) is 10.6. The molecule has 0 spiro atoms. The Labute approximate surface area is 98.3 Å². The molecular weight excluding hydrogens is 228 g/mol. The lowest BCUT2D eigenvalue weighted by Crippen LogP contribution is -1.80. The molecule has 0 saturated carbocycles. The normalized spacial score (nSPS) is 10.5. The van der Waals surface area contributed by atoms with Crippen LogP contribution in [0.4, 0.5) is 0 Å². The van der Waals surface area contributed by atoms with E-state index in [0.29, 0.717) is 0 Å². The monoisotopic (exact) mass is 238 g/mol. The summed E-state index contributed by atoms with van der Waals surface area (Å²) in [5.41, 5.74) is 1.26. The minimum atomic E-state index is 0.779. The summed E-state index contributed by atoms with van der Waals surface area (Å²) in [6.45, 7) is 0. The smallest absolute Gasteiger partial charge is 0.114 e. The van der Waals surface area contributed by atoms with Crippen LogP contribution >= 0.6 is 23.4 Å². The maximum absolute atomic E-state index is 5.81. The van der Waals surface area contributed by atoms with Crippen molar-refractivity contribution in [1.82, 2.24) is 9.55 Å². The van der Waals surface area contributed by atoms with Crippen molar-refractivity contribution in [1.29, 1.82) is 0 Å². The van der Waals surface area contributed by atoms with Gasteiger partial charge in [-0.15, -0.1) is 11.8 Å². The van der Waals surface area contributed by atoms with Crippen LogP contribution in [0.5, 0.6) is 0 Å². The van der Waals surface area contributed by atoms with Crippen LogP contribution in [0.15, 0.2) is 41.8 Å². The van der Waals surface area contributed by atoms with Crippen molar-refractivity contribution >= 4 is 23.4 Å². The van der Waals surface area contributed by atoms with Gasteiger partial charge in [0.25, 0.3) is 0 Å². The number of nitrogens with zero attached hydrogens (tertiary/aromatic N) is 2. The molecule has 2 nitrogen and oxygen atoms in total. The highest BCUT2D eigenvalue weighted by Crippen LogP contribution is 2.21. The summed E-state index contributed by atoms with van der Waals surface area (Å²) in [5, 5.41) is 1.83. The lowest BCUT2D eigenvalue weighted by molar-refractivity contribution is 0.912. The van der Waals surface area contributed by atoms with Crippen molar-refractivity contribution in [2.45, 2.75) is 10.8 Å². The molecule has 2 aromatic rings. The molecule has 0 aliphatic carbocycles. The van der Waals surface area contributed by atoms with E-state index in [1.54, 1.807) is 11.8 Å². The fraction of sp³-hybridized carbons (Fsp3) is 0.182. The summed E-state index contributed by atoms with van der Waals surface area (Å²) in [6.07, 6.45) is 3.82. The molecule has 1 heterocycles. The van der Waals surface area contributed by atoms with Crippen LogP contribution in [-0.4, -0.2) is 9.55 Å². The lowest BCUT2D eigenvalue weighted by atomic mass is 10.2. The number of halogens is 1. The third kappa shape index (κ3) is 3.01. The molecule has 0 N–H and O–H groups in total. The SMILES string of the molecule is Cn1cnc(SCc2ccc(Cl)cc2)c1. The van der Waals surface area contributed by atoms with Crippen LogP contribution in [0.1, 0.15) is 5.56 Å². The van der Waals surface area contributed by atoms with Gasteiger partial charge in [0.2, 0.25) is 0 Å². The molecule has 15 heavy (non-hydrogen) atoms. The number of rotatable bonds is 3. The third-order valence-electron chi connectivity index (χ3n) is 1.98. The van der Waals surface area contributed by atoms with Crippen molar-refractivity contribution in [3.05, 3.63) is 47.4 Å². The second kappa shape index (κ2) is 4.73. The van der Waals surface area contributed by atoms with Gasteiger partial charge < -0.3 is 4.57 Å². The molecule has 0 fully saturated rings. The van der Waals surface area contributed by atoms with Crippen molar-refractivity contribution in [2.75, 3.05) is 0 Å². The Morgan fingerprint density at radius 3 is 2.67 bits per heavy atom. The summed E-state index contributed by atoms with van der Waals surface area (Å²) in [7, 11) is 1.97. The second-order valence-electron chi connectivity index (χ2n) is 3.29. The lowest BCUT2D eigenvalue weighted by Gasteiger charge is -1.98. The van der Waals surface area contributed by atoms with Crippen molar-refractivity contribution in [3.8, 4) is 0 Å². The minimum absolute atomic E-state index is 0.779. The number of aryl methyl sites for hydroxylation is 1. The maximum atomic E-state index is 5.81. The van der Waals surface area contributed by atoms with Crippen LogP contribution in [0, 0.1) is 0 Å². The van der Waals surface area contributed by atoms with E-state index in [1.165, 1.54) is 5.56 Å². The molecular formula is C11H11ClN2S. The Bertz CT molecular complexity index is 436. The summed E-state index contributed by atoms with van der Waals surface area (Å²) in [6, 6.07) is 7.91. The first-order chi connectivity index (χ1) is 7.24. The van der Waals surface area contributed by atoms with Crippen LogP contribution in [0.2, 0.25) is 5.02 Å². The minimum Gasteiger partial charge on any atom is -0.339 e. The molecule has 2 rings (SSSR count). The predicted molar refractivity (Wildman–Crippen MR) is 64.2 cm³/mol. The number of hydrogen-bond donors (Lipinski definition) is 0. The van der Waals surface area contributed by atoms with Crippen molar-refractivity contribution in [2.24, 2.45) is 7.05 Å². The topological polar surface area (TPSA) is 17.8 Å². The van der Waals surface area contributed by atoms with Gasteiger partial charge in [-0.3, -0.25) is 0 Å². The summed E-state index contributed by atoms with van der Waals surface area (Å²) < 4.78 is 1.95. The fourth-order valence-corrected chi connectivity index (χ4v) is 2.20. The average molecular weight is 239 g/mol. The van der Waals surface area contributed by atoms with Gasteiger partial charge in [-0.05, 0) is 17.7 Å². The standard InChI is InChI=1S/C11H11ClN2S/c1-14-6-11(13-8-14)15-7-9-2-4-10(12)5-3-9/h2-6,8H,7H2,1H3. The van der Waals surface area contributed by atoms with E-state index < -0.39 is 0 Å². The number of aromatic nitrogens is 2. The molecule has 78 valence electrons. The zero-order valence-corrected chi connectivity index (χ0v) is 9.92. The fourth-order valence-electron chi connectivity index (χ4n) is 1.20. The van der Waals surface area contributed by atoms with Crippen LogP contribution in [-0.2, 0) is 12.8 Å². The molecule has 0 atom stereocenters. The molecule has 0 bridgehead atoms. The van der Waals surface area contributed by atoms with E-state index in [9.17, 15) is 0 Å². The quantitative estimate of drug-likeness (QED) is 0.763. The number of benzene rings is 1. The van der Waals surface area contributed by atoms with Gasteiger partial charge in [0.05, 0.1) is 6.33 Å². The maximum Gasteiger partial charge on any atom is 0.114 e. The first-order valence-corrected chi connectivity index (χ1v) is 5.95. The molecule has 1 aromatic heterocycles. The molecule has 4 heteroatoms. The van der Waals surface area contributed by atoms with Gasteiger partial charge in [0, 0.05) is 24.0 Å². The number of thioether (sulfide) groups is 1. The molecule has 0 aliphatic rings. The van der Waals surface area contributed by atoms with Gasteiger partial charge in [0.15, 0.2) is 0 Å². The van der Waals surface area contributed by atoms with E-state index in [0.717, 1.165) is 15.8 Å². The van der Waals surface area contributed by atoms with Crippen molar-refractivity contribution in [3.63, 3.8) is 0 Å². The predicted octanol–water partition coefficient (Wildman–Crippen LogP) is 3.37. The molecule has 1 aromatic carbocycles.